The lowest BCUT2D eigenvalue weighted by atomic mass is 9.77. The number of rotatable bonds is 29. The van der Waals surface area contributed by atoms with Crippen LogP contribution in [0.15, 0.2) is 256 Å². The number of phenols is 2. The highest BCUT2D eigenvalue weighted by Gasteiger charge is 2.34. The molecular weight excluding hydrogens is 1790 g/mol. The molecule has 0 saturated heterocycles. The maximum Gasteiger partial charge on any atom is 0.530 e. The molecule has 0 radical (unpaired) electrons. The molecule has 0 aliphatic heterocycles. The van der Waals surface area contributed by atoms with Crippen LogP contribution in [0.5, 0.6) is 69.0 Å². The molecule has 0 heterocycles. The molecule has 0 saturated carbocycles. The number of hydrogen-bond acceptors (Lipinski definition) is 16. The Labute approximate surface area is 819 Å². The van der Waals surface area contributed by atoms with Gasteiger partial charge in [0.1, 0.15) is 69.0 Å². The zero-order valence-electron chi connectivity index (χ0n) is 84.0. The molecule has 0 spiro atoms. The minimum atomic E-state index is -2.09. The second-order valence-electron chi connectivity index (χ2n) is 36.2. The van der Waals surface area contributed by atoms with Crippen molar-refractivity contribution in [2.75, 3.05) is 7.11 Å². The minimum absolute atomic E-state index is 0.104. The van der Waals surface area contributed by atoms with Gasteiger partial charge in [0.05, 0.1) is 0 Å². The largest absolute Gasteiger partial charge is 0.530 e. The zero-order valence-corrected chi connectivity index (χ0v) is 87.4. The smallest absolute Gasteiger partial charge is 0.507 e. The van der Waals surface area contributed by atoms with Crippen molar-refractivity contribution in [2.24, 2.45) is 0 Å². The van der Waals surface area contributed by atoms with Crippen LogP contribution in [0.1, 0.15) is 186 Å². The number of hydrogen-bond donors (Lipinski definition) is 2. The lowest BCUT2D eigenvalue weighted by Crippen LogP contribution is -2.19. The molecule has 0 amide bonds. The molecule has 2 N–H and O–H groups in total. The van der Waals surface area contributed by atoms with Crippen LogP contribution in [-0.2, 0) is 35.2 Å². The topological polar surface area (TPSA) is 193 Å². The van der Waals surface area contributed by atoms with Gasteiger partial charge in [-0.2, -0.15) is 0 Å². The van der Waals surface area contributed by atoms with E-state index in [4.69, 9.17) is 61.6 Å². The van der Waals surface area contributed by atoms with E-state index in [0.29, 0.717) is 57.5 Å². The summed E-state index contributed by atoms with van der Waals surface area (Å²) in [5.41, 5.74) is 28.9. The number of carbonyl (C=O) groups is 3. The van der Waals surface area contributed by atoms with Gasteiger partial charge in [0.2, 0.25) is 0 Å². The molecule has 714 valence electrons. The summed E-state index contributed by atoms with van der Waals surface area (Å²) in [4.78, 5) is 34.7. The van der Waals surface area contributed by atoms with Gasteiger partial charge in [-0.1, -0.05) is 231 Å². The second kappa shape index (κ2) is 46.4. The number of aromatic hydroxyl groups is 2. The number of carbonyl (C=O) groups excluding carboxylic acids is 3. The van der Waals surface area contributed by atoms with Gasteiger partial charge in [-0.25, -0.2) is 14.4 Å². The van der Waals surface area contributed by atoms with Crippen molar-refractivity contribution >= 4 is 54.1 Å². The molecule has 13 rings (SSSR count). The molecule has 20 heteroatoms. The number of halogens is 1. The fraction of sp³-hybridized carbons (Fsp3) is 0.256. The van der Waals surface area contributed by atoms with Crippen molar-refractivity contribution in [1.82, 2.24) is 0 Å². The Morgan fingerprint density at radius 3 is 0.818 bits per heavy atom. The van der Waals surface area contributed by atoms with Crippen LogP contribution in [0.25, 0.3) is 22.3 Å². The van der Waals surface area contributed by atoms with E-state index in [2.05, 4.69) is 144 Å². The van der Waals surface area contributed by atoms with Crippen molar-refractivity contribution in [3.63, 3.8) is 0 Å². The van der Waals surface area contributed by atoms with E-state index in [0.717, 1.165) is 168 Å². The van der Waals surface area contributed by atoms with Gasteiger partial charge in [-0.15, -0.1) is 0 Å². The first kappa shape index (κ1) is 106. The molecular formula is C117H128ClO16P3. The van der Waals surface area contributed by atoms with Gasteiger partial charge in [-0.05, 0) is 343 Å². The molecule has 0 aliphatic rings. The summed E-state index contributed by atoms with van der Waals surface area (Å²) in [5, 5.41) is 21.0. The Morgan fingerprint density at radius 1 is 0.270 bits per heavy atom. The lowest BCUT2D eigenvalue weighted by molar-refractivity contribution is -0.129. The van der Waals surface area contributed by atoms with Crippen LogP contribution in [0, 0.1) is 138 Å². The Bertz CT molecular complexity index is 6530. The Hall–Kier alpha value is -12.8. The number of esters is 3. The van der Waals surface area contributed by atoms with Gasteiger partial charge in [0.15, 0.2) is 0 Å². The van der Waals surface area contributed by atoms with Crippen LogP contribution < -0.4 is 45.9 Å². The highest BCUT2D eigenvalue weighted by Crippen LogP contribution is 2.56. The van der Waals surface area contributed by atoms with Crippen LogP contribution in [0.3, 0.4) is 0 Å². The third kappa shape index (κ3) is 25.7. The standard InChI is InChI=1S/C53H58O8P2.C27H28ClO4P.C19H20O2.C18H22O2/c1-15-48(54)56-44-26-24-42(30-36(44)6)53(12,13)43-25-27-47(37(7)31-43)59-63(58-46-23-19-17-21-33(46)3)61-52-39(9)29-35(5)41(11)50(52)49-40(10)34(4)28-38(8)51(49)60-62(55-14)57-45-22-18-16-20-32(45)2;1-7-26(29)30-23-14-12-21(16-19(23)3)27(5,6)22-13-15-25(20(4)17-22)32-33(28)31-24-11-9-8-10-18(24)2;1-5-18(20)21-17-12-11-16(13-14(17)2)19(3,4)15-9-7-6-8-10-15;1-9-7-11(3)17(19)15(13(9)5)16-14(6)10(2)8-12(4)18(16)20/h15-31H,1H2,2-14H3;7-17H,1H2,2-6H3;5-13H,1H2,2-4H3;7-8,19-20H,1-6H3. The summed E-state index contributed by atoms with van der Waals surface area (Å²) in [6.45, 7) is 63.5. The molecule has 3 unspecified atom stereocenters. The summed E-state index contributed by atoms with van der Waals surface area (Å²) in [5.74, 6) is 5.40. The molecule has 16 nitrogen and oxygen atoms in total. The number of aryl methyl sites for hydroxylation is 16. The van der Waals surface area contributed by atoms with E-state index in [1.165, 1.54) is 17.2 Å². The summed E-state index contributed by atoms with van der Waals surface area (Å²) >= 11 is 6.38. The van der Waals surface area contributed by atoms with E-state index in [1.54, 1.807) is 7.11 Å². The van der Waals surface area contributed by atoms with Gasteiger partial charge >= 0.3 is 42.8 Å². The van der Waals surface area contributed by atoms with E-state index < -0.39 is 48.3 Å². The number of ether oxygens (including phenoxy) is 3. The highest BCUT2D eigenvalue weighted by molar-refractivity contribution is 7.76. The van der Waals surface area contributed by atoms with Gasteiger partial charge in [0.25, 0.3) is 0 Å². The summed E-state index contributed by atoms with van der Waals surface area (Å²) in [6.07, 6.45) is 3.48. The fourth-order valence-corrected chi connectivity index (χ4v) is 19.3. The highest BCUT2D eigenvalue weighted by atomic mass is 35.7. The van der Waals surface area contributed by atoms with Crippen LogP contribution in [0.4, 0.5) is 0 Å². The minimum Gasteiger partial charge on any atom is -0.507 e. The molecule has 0 bridgehead atoms. The van der Waals surface area contributed by atoms with E-state index in [-0.39, 0.29) is 22.3 Å². The van der Waals surface area contributed by atoms with Crippen LogP contribution >= 0.6 is 36.2 Å². The van der Waals surface area contributed by atoms with E-state index in [1.807, 2.05) is 275 Å². The third-order valence-corrected chi connectivity index (χ3v) is 28.3. The molecule has 13 aromatic rings. The van der Waals surface area contributed by atoms with E-state index >= 15 is 0 Å². The Kier molecular flexibility index (Phi) is 36.0. The normalized spacial score (nSPS) is 11.8. The van der Waals surface area contributed by atoms with Gasteiger partial charge in [-0.3, -0.25) is 4.52 Å². The first-order valence-corrected chi connectivity index (χ1v) is 49.5. The molecule has 13 aromatic carbocycles. The van der Waals surface area contributed by atoms with Crippen molar-refractivity contribution in [3.8, 4) is 91.2 Å². The Balaban J connectivity index is 0.000000216. The predicted molar refractivity (Wildman–Crippen MR) is 562 cm³/mol. The maximum absolute atomic E-state index is 11.9. The van der Waals surface area contributed by atoms with Crippen LogP contribution in [-0.4, -0.2) is 35.2 Å². The fourth-order valence-electron chi connectivity index (χ4n) is 16.0. The lowest BCUT2D eigenvalue weighted by Gasteiger charge is -2.28. The zero-order chi connectivity index (χ0) is 101. The van der Waals surface area contributed by atoms with Gasteiger partial charge in [0, 0.05) is 63.8 Å². The maximum atomic E-state index is 11.9. The van der Waals surface area contributed by atoms with Crippen LogP contribution in [0.2, 0.25) is 0 Å². The van der Waals surface area contributed by atoms with Crippen molar-refractivity contribution < 1.29 is 75.0 Å². The third-order valence-electron chi connectivity index (χ3n) is 25.2. The molecule has 0 aromatic heterocycles. The predicted octanol–water partition coefficient (Wildman–Crippen LogP) is 31.9. The van der Waals surface area contributed by atoms with Crippen molar-refractivity contribution in [3.05, 3.63) is 401 Å². The summed E-state index contributed by atoms with van der Waals surface area (Å²) < 4.78 is 67.3. The number of para-hydroxylation sites is 3. The van der Waals surface area contributed by atoms with E-state index in [9.17, 15) is 24.6 Å². The molecule has 3 atom stereocenters. The van der Waals surface area contributed by atoms with Crippen molar-refractivity contribution in [1.29, 1.82) is 0 Å². The monoisotopic (exact) mass is 1920 g/mol. The SMILES string of the molecule is C=CC(=O)Oc1ccc(C(C)(C)c2ccc(OP(Cl)Oc3ccccc3C)c(C)c2)cc1C.C=CC(=O)Oc1ccc(C(C)(C)c2ccc(OP(Oc3ccccc3C)Oc3c(C)cc(C)c(C)c3-c3c(C)c(C)cc(C)c3OP(OC)Oc3ccccc3C)c(C)c2)cc1C.C=CC(=O)Oc1ccc(C(C)(C)c2ccccc2)cc1C.Cc1cc(C)c(O)c(-c2c(C)c(C)cc(C)c2O)c1C. The first-order chi connectivity index (χ1) is 64.7. The van der Waals surface area contributed by atoms with Crippen molar-refractivity contribution in [2.45, 2.75) is 196 Å². The molecule has 0 fully saturated rings. The Morgan fingerprint density at radius 2 is 0.518 bits per heavy atom. The first-order valence-electron chi connectivity index (χ1n) is 45.2. The summed E-state index contributed by atoms with van der Waals surface area (Å²) in [7, 11) is -3.97. The molecule has 0 aliphatic carbocycles. The van der Waals surface area contributed by atoms with Gasteiger partial charge < -0.3 is 56.1 Å². The number of phenolic OH excluding ortho intramolecular Hbond substituents is 2. The number of benzene rings is 13. The summed E-state index contributed by atoms with van der Waals surface area (Å²) in [6, 6.07) is 71.9. The molecule has 137 heavy (non-hydrogen) atoms. The second-order valence-corrected chi connectivity index (χ2v) is 40.0. The average molecular weight is 1920 g/mol. The quantitative estimate of drug-likeness (QED) is 0.0194. The average Bonchev–Trinajstić information content (AvgIpc) is 0.744.